The van der Waals surface area contributed by atoms with Gasteiger partial charge in [0.2, 0.25) is 0 Å². The van der Waals surface area contributed by atoms with Crippen LogP contribution in [0.4, 0.5) is 4.39 Å². The van der Waals surface area contributed by atoms with E-state index in [2.05, 4.69) is 0 Å². The van der Waals surface area contributed by atoms with Crippen LogP contribution in [-0.4, -0.2) is 30.1 Å². The van der Waals surface area contributed by atoms with Crippen LogP contribution in [0.25, 0.3) is 0 Å². The number of likely N-dealkylation sites (N-methyl/N-ethyl adjacent to an activating group) is 1. The first-order chi connectivity index (χ1) is 7.13. The van der Waals surface area contributed by atoms with Gasteiger partial charge in [0.1, 0.15) is 5.82 Å². The summed E-state index contributed by atoms with van der Waals surface area (Å²) in [6.45, 7) is 0.622. The molecule has 0 aliphatic rings. The van der Waals surface area contributed by atoms with Crippen LogP contribution in [0.2, 0.25) is 0 Å². The molecule has 1 aromatic carbocycles. The lowest BCUT2D eigenvalue weighted by atomic mass is 10.1. The van der Waals surface area contributed by atoms with E-state index in [0.717, 1.165) is 0 Å². The van der Waals surface area contributed by atoms with Crippen molar-refractivity contribution in [3.8, 4) is 6.07 Å². The van der Waals surface area contributed by atoms with Crippen LogP contribution in [0, 0.1) is 17.1 Å². The Bertz CT molecular complexity index is 345. The smallest absolute Gasteiger partial charge is 0.123 e. The molecule has 1 rings (SSSR count). The van der Waals surface area contributed by atoms with Crippen molar-refractivity contribution in [3.05, 3.63) is 35.6 Å². The highest BCUT2D eigenvalue weighted by atomic mass is 19.1. The highest BCUT2D eigenvalue weighted by Gasteiger charge is 2.10. The van der Waals surface area contributed by atoms with Gasteiger partial charge in [-0.25, -0.2) is 4.39 Å². The second-order valence-corrected chi connectivity index (χ2v) is 3.42. The van der Waals surface area contributed by atoms with Crippen molar-refractivity contribution >= 4 is 0 Å². The minimum atomic E-state index is -0.691. The highest BCUT2D eigenvalue weighted by Crippen LogP contribution is 2.13. The van der Waals surface area contributed by atoms with Gasteiger partial charge in [0.25, 0.3) is 0 Å². The molecule has 0 radical (unpaired) electrons. The maximum Gasteiger partial charge on any atom is 0.123 e. The fraction of sp³-hybridized carbons (Fsp3) is 0.364. The molecule has 0 saturated carbocycles. The van der Waals surface area contributed by atoms with Gasteiger partial charge < -0.3 is 5.11 Å². The van der Waals surface area contributed by atoms with E-state index < -0.39 is 6.10 Å². The van der Waals surface area contributed by atoms with Crippen LogP contribution in [-0.2, 0) is 0 Å². The number of nitrogens with zero attached hydrogens (tertiary/aromatic N) is 2. The van der Waals surface area contributed by atoms with E-state index in [-0.39, 0.29) is 12.4 Å². The zero-order valence-corrected chi connectivity index (χ0v) is 8.52. The van der Waals surface area contributed by atoms with Crippen molar-refractivity contribution in [2.24, 2.45) is 0 Å². The molecule has 1 N–H and O–H groups in total. The lowest BCUT2D eigenvalue weighted by Crippen LogP contribution is -2.24. The third-order valence-corrected chi connectivity index (χ3v) is 2.08. The molecule has 0 aliphatic carbocycles. The summed E-state index contributed by atoms with van der Waals surface area (Å²) in [6, 6.07) is 7.69. The molecule has 1 atom stereocenters. The number of aliphatic hydroxyl groups excluding tert-OH is 1. The second-order valence-electron chi connectivity index (χ2n) is 3.42. The lowest BCUT2D eigenvalue weighted by molar-refractivity contribution is 0.133. The normalized spacial score (nSPS) is 12.5. The predicted octanol–water partition coefficient (Wildman–Crippen LogP) is 1.31. The van der Waals surface area contributed by atoms with E-state index in [0.29, 0.717) is 12.1 Å². The summed E-state index contributed by atoms with van der Waals surface area (Å²) in [6.07, 6.45) is -0.691. The molecule has 1 unspecified atom stereocenters. The Balaban J connectivity index is 2.57. The minimum absolute atomic E-state index is 0.262. The first-order valence-corrected chi connectivity index (χ1v) is 4.62. The van der Waals surface area contributed by atoms with Gasteiger partial charge in [0.05, 0.1) is 18.7 Å². The summed E-state index contributed by atoms with van der Waals surface area (Å²) in [5.74, 6) is -0.323. The molecule has 0 aromatic heterocycles. The van der Waals surface area contributed by atoms with Crippen LogP contribution < -0.4 is 0 Å². The fourth-order valence-electron chi connectivity index (χ4n) is 1.27. The van der Waals surface area contributed by atoms with Crippen LogP contribution in [0.15, 0.2) is 24.3 Å². The number of nitriles is 1. The Morgan fingerprint density at radius 3 is 2.60 bits per heavy atom. The Morgan fingerprint density at radius 1 is 1.47 bits per heavy atom. The van der Waals surface area contributed by atoms with Gasteiger partial charge >= 0.3 is 0 Å². The number of hydrogen-bond donors (Lipinski definition) is 1. The van der Waals surface area contributed by atoms with Crippen molar-refractivity contribution in [1.29, 1.82) is 5.26 Å². The largest absolute Gasteiger partial charge is 0.387 e. The molecular formula is C11H13FN2O. The summed E-state index contributed by atoms with van der Waals surface area (Å²) in [7, 11) is 1.75. The Hall–Kier alpha value is -1.44. The molecule has 0 amide bonds. The molecule has 4 heteroatoms. The summed E-state index contributed by atoms with van der Waals surface area (Å²) >= 11 is 0. The van der Waals surface area contributed by atoms with Gasteiger partial charge in [-0.2, -0.15) is 5.26 Å². The number of hydrogen-bond acceptors (Lipinski definition) is 3. The van der Waals surface area contributed by atoms with Crippen LogP contribution in [0.3, 0.4) is 0 Å². The molecule has 0 fully saturated rings. The van der Waals surface area contributed by atoms with Crippen molar-refractivity contribution in [3.63, 3.8) is 0 Å². The number of aliphatic hydroxyl groups is 1. The first kappa shape index (κ1) is 11.6. The molecule has 0 bridgehead atoms. The van der Waals surface area contributed by atoms with E-state index in [1.54, 1.807) is 24.1 Å². The third-order valence-electron chi connectivity index (χ3n) is 2.08. The SMILES string of the molecule is CN(CC#N)CC(O)c1ccc(F)cc1. The van der Waals surface area contributed by atoms with E-state index in [1.807, 2.05) is 6.07 Å². The summed E-state index contributed by atoms with van der Waals surface area (Å²) < 4.78 is 12.6. The average molecular weight is 208 g/mol. The average Bonchev–Trinajstić information content (AvgIpc) is 2.18. The van der Waals surface area contributed by atoms with Gasteiger partial charge in [-0.1, -0.05) is 12.1 Å². The van der Waals surface area contributed by atoms with Crippen molar-refractivity contribution in [1.82, 2.24) is 4.90 Å². The van der Waals surface area contributed by atoms with Gasteiger partial charge in [-0.15, -0.1) is 0 Å². The quantitative estimate of drug-likeness (QED) is 0.759. The van der Waals surface area contributed by atoms with Crippen molar-refractivity contribution in [2.45, 2.75) is 6.10 Å². The van der Waals surface area contributed by atoms with E-state index >= 15 is 0 Å². The minimum Gasteiger partial charge on any atom is -0.387 e. The maximum absolute atomic E-state index is 12.6. The van der Waals surface area contributed by atoms with Gasteiger partial charge in [0, 0.05) is 6.54 Å². The van der Waals surface area contributed by atoms with Gasteiger partial charge in [-0.3, -0.25) is 4.90 Å². The summed E-state index contributed by atoms with van der Waals surface area (Å²) in [4.78, 5) is 1.70. The monoisotopic (exact) mass is 208 g/mol. The first-order valence-electron chi connectivity index (χ1n) is 4.62. The van der Waals surface area contributed by atoms with E-state index in [4.69, 9.17) is 5.26 Å². The number of halogens is 1. The summed E-state index contributed by atoms with van der Waals surface area (Å²) in [5.41, 5.74) is 0.654. The zero-order valence-electron chi connectivity index (χ0n) is 8.52. The number of benzene rings is 1. The molecule has 0 spiro atoms. The Morgan fingerprint density at radius 2 is 2.07 bits per heavy atom. The molecule has 0 saturated heterocycles. The summed E-state index contributed by atoms with van der Waals surface area (Å²) in [5, 5.41) is 18.2. The van der Waals surface area contributed by atoms with Gasteiger partial charge in [0.15, 0.2) is 0 Å². The Kier molecular flexibility index (Phi) is 4.22. The predicted molar refractivity (Wildman–Crippen MR) is 54.5 cm³/mol. The molecule has 0 heterocycles. The Labute approximate surface area is 88.4 Å². The topological polar surface area (TPSA) is 47.3 Å². The number of rotatable bonds is 4. The molecule has 80 valence electrons. The van der Waals surface area contributed by atoms with Gasteiger partial charge in [-0.05, 0) is 24.7 Å². The van der Waals surface area contributed by atoms with Crippen LogP contribution >= 0.6 is 0 Å². The molecule has 15 heavy (non-hydrogen) atoms. The third kappa shape index (κ3) is 3.66. The second kappa shape index (κ2) is 5.44. The molecular weight excluding hydrogens is 195 g/mol. The molecule has 3 nitrogen and oxygen atoms in total. The lowest BCUT2D eigenvalue weighted by Gasteiger charge is -2.17. The van der Waals surface area contributed by atoms with Crippen molar-refractivity contribution < 1.29 is 9.50 Å². The molecule has 0 aliphatic heterocycles. The van der Waals surface area contributed by atoms with Crippen LogP contribution in [0.1, 0.15) is 11.7 Å². The van der Waals surface area contributed by atoms with Crippen LogP contribution in [0.5, 0.6) is 0 Å². The zero-order chi connectivity index (χ0) is 11.3. The van der Waals surface area contributed by atoms with E-state index in [1.165, 1.54) is 12.1 Å². The maximum atomic E-state index is 12.6. The van der Waals surface area contributed by atoms with E-state index in [9.17, 15) is 9.50 Å². The fourth-order valence-corrected chi connectivity index (χ4v) is 1.27. The standard InChI is InChI=1S/C11H13FN2O/c1-14(7-6-13)8-11(15)9-2-4-10(12)5-3-9/h2-5,11,15H,7-8H2,1H3. The molecule has 1 aromatic rings. The van der Waals surface area contributed by atoms with Crippen molar-refractivity contribution in [2.75, 3.05) is 20.1 Å². The highest BCUT2D eigenvalue weighted by molar-refractivity contribution is 5.18.